The van der Waals surface area contributed by atoms with Crippen LogP contribution in [-0.4, -0.2) is 20.8 Å². The zero-order chi connectivity index (χ0) is 11.8. The van der Waals surface area contributed by atoms with Gasteiger partial charge in [-0.1, -0.05) is 0 Å². The molecule has 88 valence electrons. The van der Waals surface area contributed by atoms with Crippen LogP contribution in [0.3, 0.4) is 0 Å². The number of nitrogens with one attached hydrogen (secondary N) is 1. The molecular formula is C10H12FNO3S. The second kappa shape index (κ2) is 3.93. The Labute approximate surface area is 93.5 Å². The lowest BCUT2D eigenvalue weighted by Gasteiger charge is -2.08. The lowest BCUT2D eigenvalue weighted by atomic mass is 10.3. The van der Waals surface area contributed by atoms with E-state index in [0.717, 1.165) is 19.1 Å². The Morgan fingerprint density at radius 2 is 2.12 bits per heavy atom. The van der Waals surface area contributed by atoms with Crippen LogP contribution in [0.25, 0.3) is 0 Å². The highest BCUT2D eigenvalue weighted by molar-refractivity contribution is 7.92. The number of hydrogen-bond donors (Lipinski definition) is 1. The predicted octanol–water partition coefficient (Wildman–Crippen LogP) is 1.74. The van der Waals surface area contributed by atoms with Crippen LogP contribution in [0.1, 0.15) is 12.8 Å². The van der Waals surface area contributed by atoms with E-state index in [-0.39, 0.29) is 11.9 Å². The summed E-state index contributed by atoms with van der Waals surface area (Å²) in [6.45, 7) is 0. The van der Waals surface area contributed by atoms with Gasteiger partial charge in [0.1, 0.15) is 0 Å². The number of halogens is 1. The molecule has 0 aromatic heterocycles. The fraction of sp³-hybridized carbons (Fsp3) is 0.400. The molecule has 0 amide bonds. The summed E-state index contributed by atoms with van der Waals surface area (Å²) in [6, 6.07) is 3.90. The average molecular weight is 245 g/mol. The molecule has 1 fully saturated rings. The van der Waals surface area contributed by atoms with Gasteiger partial charge in [0.25, 0.3) is 0 Å². The molecule has 1 aliphatic carbocycles. The van der Waals surface area contributed by atoms with Crippen molar-refractivity contribution in [2.75, 3.05) is 11.0 Å². The molecule has 2 rings (SSSR count). The van der Waals surface area contributed by atoms with Crippen molar-refractivity contribution in [2.24, 2.45) is 0 Å². The van der Waals surface area contributed by atoms with Gasteiger partial charge >= 0.3 is 0 Å². The van der Waals surface area contributed by atoms with Gasteiger partial charge in [-0.3, -0.25) is 4.72 Å². The number of ether oxygens (including phenoxy) is 1. The molecule has 0 heterocycles. The molecule has 1 saturated carbocycles. The Balaban J connectivity index is 2.20. The standard InChI is InChI=1S/C10H12FNO3S/c1-16(13,14)12-7-2-5-9(11)10(6-7)15-8-3-4-8/h2,5-6,8,12H,3-4H2,1H3. The van der Waals surface area contributed by atoms with Crippen molar-refractivity contribution in [1.29, 1.82) is 0 Å². The minimum Gasteiger partial charge on any atom is -0.487 e. The van der Waals surface area contributed by atoms with Crippen molar-refractivity contribution < 1.29 is 17.5 Å². The SMILES string of the molecule is CS(=O)(=O)Nc1ccc(F)c(OC2CC2)c1. The number of benzene rings is 1. The van der Waals surface area contributed by atoms with Crippen molar-refractivity contribution in [1.82, 2.24) is 0 Å². The topological polar surface area (TPSA) is 55.4 Å². The Hall–Kier alpha value is -1.30. The summed E-state index contributed by atoms with van der Waals surface area (Å²) in [5.41, 5.74) is 0.305. The van der Waals surface area contributed by atoms with Crippen LogP contribution >= 0.6 is 0 Å². The third-order valence-electron chi connectivity index (χ3n) is 2.05. The van der Waals surface area contributed by atoms with Gasteiger partial charge in [0.05, 0.1) is 18.0 Å². The Morgan fingerprint density at radius 3 is 2.69 bits per heavy atom. The molecule has 1 aromatic rings. The maximum absolute atomic E-state index is 13.3. The minimum atomic E-state index is -3.35. The normalized spacial score (nSPS) is 15.9. The van der Waals surface area contributed by atoms with Crippen LogP contribution < -0.4 is 9.46 Å². The zero-order valence-electron chi connectivity index (χ0n) is 8.73. The monoisotopic (exact) mass is 245 g/mol. The summed E-state index contributed by atoms with van der Waals surface area (Å²) < 4.78 is 42.8. The van der Waals surface area contributed by atoms with Crippen LogP contribution in [0.2, 0.25) is 0 Å². The van der Waals surface area contributed by atoms with Gasteiger partial charge in [-0.25, -0.2) is 12.8 Å². The van der Waals surface area contributed by atoms with E-state index < -0.39 is 15.8 Å². The molecule has 0 saturated heterocycles. The number of sulfonamides is 1. The minimum absolute atomic E-state index is 0.0722. The van der Waals surface area contributed by atoms with Crippen molar-refractivity contribution in [3.05, 3.63) is 24.0 Å². The maximum atomic E-state index is 13.3. The van der Waals surface area contributed by atoms with Crippen LogP contribution in [0.15, 0.2) is 18.2 Å². The van der Waals surface area contributed by atoms with Gasteiger partial charge in [-0.15, -0.1) is 0 Å². The summed E-state index contributed by atoms with van der Waals surface area (Å²) in [7, 11) is -3.35. The first-order valence-corrected chi connectivity index (χ1v) is 6.77. The smallest absolute Gasteiger partial charge is 0.229 e. The van der Waals surface area contributed by atoms with Gasteiger partial charge in [-0.2, -0.15) is 0 Å². The zero-order valence-corrected chi connectivity index (χ0v) is 9.55. The number of anilines is 1. The second-order valence-corrected chi connectivity index (χ2v) is 5.59. The predicted molar refractivity (Wildman–Crippen MR) is 58.5 cm³/mol. The van der Waals surface area contributed by atoms with E-state index in [4.69, 9.17) is 4.74 Å². The van der Waals surface area contributed by atoms with Gasteiger partial charge in [0.15, 0.2) is 11.6 Å². The lowest BCUT2D eigenvalue weighted by Crippen LogP contribution is -2.10. The van der Waals surface area contributed by atoms with E-state index in [9.17, 15) is 12.8 Å². The molecule has 0 aliphatic heterocycles. The van der Waals surface area contributed by atoms with Crippen molar-refractivity contribution in [2.45, 2.75) is 18.9 Å². The first kappa shape index (κ1) is 11.2. The van der Waals surface area contributed by atoms with Crippen LogP contribution in [0.5, 0.6) is 5.75 Å². The van der Waals surface area contributed by atoms with Gasteiger partial charge in [0.2, 0.25) is 10.0 Å². The largest absolute Gasteiger partial charge is 0.487 e. The molecule has 1 aromatic carbocycles. The first-order valence-electron chi connectivity index (χ1n) is 4.88. The van der Waals surface area contributed by atoms with Crippen molar-refractivity contribution >= 4 is 15.7 Å². The Kier molecular flexibility index (Phi) is 2.75. The molecule has 1 aliphatic rings. The fourth-order valence-corrected chi connectivity index (χ4v) is 1.79. The molecule has 0 bridgehead atoms. The molecule has 0 atom stereocenters. The van der Waals surface area contributed by atoms with E-state index >= 15 is 0 Å². The molecule has 0 spiro atoms. The molecule has 1 N–H and O–H groups in total. The first-order chi connectivity index (χ1) is 7.44. The summed E-state index contributed by atoms with van der Waals surface area (Å²) in [5.74, 6) is -0.387. The van der Waals surface area contributed by atoms with E-state index in [1.54, 1.807) is 0 Å². The van der Waals surface area contributed by atoms with Gasteiger partial charge in [-0.05, 0) is 25.0 Å². The Bertz CT molecular complexity index is 497. The third-order valence-corrected chi connectivity index (χ3v) is 2.66. The molecule has 16 heavy (non-hydrogen) atoms. The summed E-state index contributed by atoms with van der Waals surface area (Å²) >= 11 is 0. The van der Waals surface area contributed by atoms with Gasteiger partial charge in [0, 0.05) is 6.07 Å². The van der Waals surface area contributed by atoms with E-state index in [1.807, 2.05) is 0 Å². The highest BCUT2D eigenvalue weighted by atomic mass is 32.2. The highest BCUT2D eigenvalue weighted by Gasteiger charge is 2.24. The molecular weight excluding hydrogens is 233 g/mol. The van der Waals surface area contributed by atoms with E-state index in [2.05, 4.69) is 4.72 Å². The summed E-state index contributed by atoms with van der Waals surface area (Å²) in [5, 5.41) is 0. The molecule has 4 nitrogen and oxygen atoms in total. The highest BCUT2D eigenvalue weighted by Crippen LogP contribution is 2.30. The van der Waals surface area contributed by atoms with Gasteiger partial charge < -0.3 is 4.74 Å². The third kappa shape index (κ3) is 3.10. The molecule has 0 radical (unpaired) electrons. The van der Waals surface area contributed by atoms with Crippen LogP contribution in [0.4, 0.5) is 10.1 Å². The van der Waals surface area contributed by atoms with E-state index in [1.165, 1.54) is 18.2 Å². The quantitative estimate of drug-likeness (QED) is 0.879. The van der Waals surface area contributed by atoms with E-state index in [0.29, 0.717) is 5.69 Å². The van der Waals surface area contributed by atoms with Crippen LogP contribution in [-0.2, 0) is 10.0 Å². The maximum Gasteiger partial charge on any atom is 0.229 e. The second-order valence-electron chi connectivity index (χ2n) is 3.84. The molecule has 0 unspecified atom stereocenters. The summed E-state index contributed by atoms with van der Waals surface area (Å²) in [4.78, 5) is 0. The Morgan fingerprint density at radius 1 is 1.44 bits per heavy atom. The molecule has 6 heteroatoms. The van der Waals surface area contributed by atoms with Crippen LogP contribution in [0, 0.1) is 5.82 Å². The lowest BCUT2D eigenvalue weighted by molar-refractivity contribution is 0.288. The average Bonchev–Trinajstić information content (AvgIpc) is 2.92. The number of hydrogen-bond acceptors (Lipinski definition) is 3. The fourth-order valence-electron chi connectivity index (χ4n) is 1.24. The number of rotatable bonds is 4. The van der Waals surface area contributed by atoms with Crippen molar-refractivity contribution in [3.63, 3.8) is 0 Å². The van der Waals surface area contributed by atoms with Crippen molar-refractivity contribution in [3.8, 4) is 5.75 Å². The summed E-state index contributed by atoms with van der Waals surface area (Å²) in [6.07, 6.45) is 2.95.